The second-order valence-corrected chi connectivity index (χ2v) is 5.42. The molecule has 0 fully saturated rings. The number of ketones is 1. The molecule has 0 bridgehead atoms. The molecule has 0 spiro atoms. The number of carbonyl (C=O) groups excluding carboxylic acids is 2. The second kappa shape index (κ2) is 10.5. The molecule has 0 saturated carbocycles. The lowest BCUT2D eigenvalue weighted by Gasteiger charge is -2.08. The molecule has 0 aliphatic rings. The fraction of sp³-hybridized carbons (Fsp3) is 0.600. The third-order valence-corrected chi connectivity index (χ3v) is 3.26. The van der Waals surface area contributed by atoms with Crippen molar-refractivity contribution in [3.8, 4) is 0 Å². The highest BCUT2D eigenvalue weighted by molar-refractivity contribution is 5.87. The molecule has 9 nitrogen and oxygen atoms in total. The monoisotopic (exact) mass is 340 g/mol. The molecule has 0 aromatic carbocycles. The topological polar surface area (TPSA) is 144 Å². The standard InChI is InChI=1S/C15H24N4O5/c1-10-9-13(23)18-14(17-10)19-15(24)16-7-4-2-3-5-11(21)12(22)6-8-20/h9,12,20,22H,2-8H2,1H3,(H3,16,17,18,19,23,24). The smallest absolute Gasteiger partial charge is 0.321 e. The zero-order valence-electron chi connectivity index (χ0n) is 13.7. The number of aliphatic hydroxyl groups is 2. The van der Waals surface area contributed by atoms with E-state index in [0.29, 0.717) is 25.1 Å². The number of aromatic nitrogens is 2. The first-order valence-electron chi connectivity index (χ1n) is 7.87. The number of Topliss-reactive ketones (excluding diaryl/α,β-unsaturated/α-hetero) is 1. The van der Waals surface area contributed by atoms with Crippen molar-refractivity contribution in [3.63, 3.8) is 0 Å². The van der Waals surface area contributed by atoms with Crippen LogP contribution in [0.15, 0.2) is 10.9 Å². The summed E-state index contributed by atoms with van der Waals surface area (Å²) in [5, 5.41) is 23.1. The molecule has 5 N–H and O–H groups in total. The van der Waals surface area contributed by atoms with Gasteiger partial charge in [0.05, 0.1) is 0 Å². The number of hydrogen-bond acceptors (Lipinski definition) is 6. The van der Waals surface area contributed by atoms with Gasteiger partial charge in [0.15, 0.2) is 5.78 Å². The summed E-state index contributed by atoms with van der Waals surface area (Å²) < 4.78 is 0. The van der Waals surface area contributed by atoms with Crippen molar-refractivity contribution in [2.45, 2.75) is 45.1 Å². The van der Waals surface area contributed by atoms with Crippen molar-refractivity contribution in [3.05, 3.63) is 22.1 Å². The van der Waals surface area contributed by atoms with Crippen molar-refractivity contribution in [2.75, 3.05) is 18.5 Å². The Hall–Kier alpha value is -2.26. The Morgan fingerprint density at radius 2 is 2.08 bits per heavy atom. The van der Waals surface area contributed by atoms with Gasteiger partial charge >= 0.3 is 6.03 Å². The largest absolute Gasteiger partial charge is 0.396 e. The molecule has 2 amide bonds. The predicted molar refractivity (Wildman–Crippen MR) is 87.8 cm³/mol. The number of unbranched alkanes of at least 4 members (excludes halogenated alkanes) is 2. The number of anilines is 1. The van der Waals surface area contributed by atoms with Crippen LogP contribution in [0.2, 0.25) is 0 Å². The fourth-order valence-electron chi connectivity index (χ4n) is 2.04. The van der Waals surface area contributed by atoms with E-state index in [1.165, 1.54) is 6.07 Å². The summed E-state index contributed by atoms with van der Waals surface area (Å²) in [7, 11) is 0. The van der Waals surface area contributed by atoms with E-state index in [0.717, 1.165) is 6.42 Å². The molecule has 1 aromatic rings. The van der Waals surface area contributed by atoms with E-state index in [1.807, 2.05) is 0 Å². The Labute approximate surface area is 139 Å². The maximum absolute atomic E-state index is 11.6. The van der Waals surface area contributed by atoms with E-state index in [4.69, 9.17) is 5.11 Å². The number of amides is 2. The molecule has 134 valence electrons. The van der Waals surface area contributed by atoms with E-state index < -0.39 is 12.1 Å². The van der Waals surface area contributed by atoms with Gasteiger partial charge in [-0.3, -0.25) is 19.9 Å². The maximum atomic E-state index is 11.6. The maximum Gasteiger partial charge on any atom is 0.321 e. The SMILES string of the molecule is Cc1cc(=O)[nH]c(NC(=O)NCCCCCC(=O)C(O)CCO)n1. The molecule has 1 rings (SSSR count). The van der Waals surface area contributed by atoms with Crippen molar-refractivity contribution >= 4 is 17.8 Å². The number of nitrogens with one attached hydrogen (secondary N) is 3. The first kappa shape index (κ1) is 19.8. The number of nitrogens with zero attached hydrogens (tertiary/aromatic N) is 1. The van der Waals surface area contributed by atoms with Crippen LogP contribution in [0.5, 0.6) is 0 Å². The van der Waals surface area contributed by atoms with Gasteiger partial charge in [-0.2, -0.15) is 0 Å². The number of H-pyrrole nitrogens is 1. The van der Waals surface area contributed by atoms with Gasteiger partial charge in [-0.1, -0.05) is 6.42 Å². The molecule has 1 unspecified atom stereocenters. The number of aromatic amines is 1. The van der Waals surface area contributed by atoms with Gasteiger partial charge < -0.3 is 15.5 Å². The summed E-state index contributed by atoms with van der Waals surface area (Å²) in [4.78, 5) is 40.7. The average molecular weight is 340 g/mol. The lowest BCUT2D eigenvalue weighted by molar-refractivity contribution is -0.127. The minimum atomic E-state index is -1.09. The number of carbonyl (C=O) groups is 2. The fourth-order valence-corrected chi connectivity index (χ4v) is 2.04. The summed E-state index contributed by atoms with van der Waals surface area (Å²) in [5.41, 5.74) is 0.160. The van der Waals surface area contributed by atoms with Gasteiger partial charge in [0.2, 0.25) is 5.95 Å². The number of rotatable bonds is 10. The van der Waals surface area contributed by atoms with E-state index in [1.54, 1.807) is 6.92 Å². The Morgan fingerprint density at radius 1 is 1.33 bits per heavy atom. The Balaban J connectivity index is 2.15. The summed E-state index contributed by atoms with van der Waals surface area (Å²) in [6, 6.07) is 0.847. The lowest BCUT2D eigenvalue weighted by Crippen LogP contribution is -2.31. The van der Waals surface area contributed by atoms with E-state index in [-0.39, 0.29) is 36.7 Å². The van der Waals surface area contributed by atoms with E-state index >= 15 is 0 Å². The number of aliphatic hydroxyl groups excluding tert-OH is 2. The molecule has 24 heavy (non-hydrogen) atoms. The first-order valence-corrected chi connectivity index (χ1v) is 7.87. The molecule has 0 aliphatic carbocycles. The van der Waals surface area contributed by atoms with Crippen LogP contribution < -0.4 is 16.2 Å². The average Bonchev–Trinajstić information content (AvgIpc) is 2.49. The second-order valence-electron chi connectivity index (χ2n) is 5.42. The summed E-state index contributed by atoms with van der Waals surface area (Å²) in [6.07, 6.45) is 1.23. The Bertz CT molecular complexity index is 602. The van der Waals surface area contributed by atoms with Crippen LogP contribution in [0.1, 0.15) is 37.8 Å². The lowest BCUT2D eigenvalue weighted by atomic mass is 10.1. The Morgan fingerprint density at radius 3 is 2.75 bits per heavy atom. The van der Waals surface area contributed by atoms with Gasteiger partial charge in [-0.15, -0.1) is 0 Å². The third kappa shape index (κ3) is 7.84. The van der Waals surface area contributed by atoms with Gasteiger partial charge in [0.25, 0.3) is 5.56 Å². The van der Waals surface area contributed by atoms with E-state index in [9.17, 15) is 19.5 Å². The minimum Gasteiger partial charge on any atom is -0.396 e. The van der Waals surface area contributed by atoms with Crippen LogP contribution in [0.3, 0.4) is 0 Å². The number of hydrogen-bond donors (Lipinski definition) is 5. The molecular weight excluding hydrogens is 316 g/mol. The van der Waals surface area contributed by atoms with Gasteiger partial charge in [-0.05, 0) is 19.8 Å². The molecule has 1 aromatic heterocycles. The molecule has 0 radical (unpaired) electrons. The van der Waals surface area contributed by atoms with Crippen molar-refractivity contribution in [1.82, 2.24) is 15.3 Å². The van der Waals surface area contributed by atoms with Gasteiger partial charge in [0, 0.05) is 37.8 Å². The molecule has 0 saturated heterocycles. The van der Waals surface area contributed by atoms with Crippen molar-refractivity contribution < 1.29 is 19.8 Å². The highest BCUT2D eigenvalue weighted by Gasteiger charge is 2.13. The summed E-state index contributed by atoms with van der Waals surface area (Å²) in [5.74, 6) is -0.190. The number of aryl methyl sites for hydroxylation is 1. The Kier molecular flexibility index (Phi) is 8.66. The molecule has 1 atom stereocenters. The zero-order chi connectivity index (χ0) is 17.9. The van der Waals surface area contributed by atoms with Crippen LogP contribution in [0, 0.1) is 6.92 Å². The summed E-state index contributed by atoms with van der Waals surface area (Å²) >= 11 is 0. The van der Waals surface area contributed by atoms with Crippen LogP contribution >= 0.6 is 0 Å². The van der Waals surface area contributed by atoms with Crippen LogP contribution in [-0.4, -0.2) is 51.3 Å². The third-order valence-electron chi connectivity index (χ3n) is 3.26. The number of urea groups is 1. The van der Waals surface area contributed by atoms with Crippen LogP contribution in [0.4, 0.5) is 10.7 Å². The summed E-state index contributed by atoms with van der Waals surface area (Å²) in [6.45, 7) is 1.85. The van der Waals surface area contributed by atoms with Crippen molar-refractivity contribution in [2.24, 2.45) is 0 Å². The molecular formula is C15H24N4O5. The minimum absolute atomic E-state index is 0.0651. The van der Waals surface area contributed by atoms with Crippen LogP contribution in [0.25, 0.3) is 0 Å². The quantitative estimate of drug-likeness (QED) is 0.381. The highest BCUT2D eigenvalue weighted by Crippen LogP contribution is 2.04. The van der Waals surface area contributed by atoms with Gasteiger partial charge in [0.1, 0.15) is 6.10 Å². The normalized spacial score (nSPS) is 11.8. The van der Waals surface area contributed by atoms with Gasteiger partial charge in [-0.25, -0.2) is 9.78 Å². The zero-order valence-corrected chi connectivity index (χ0v) is 13.7. The molecule has 1 heterocycles. The molecule has 0 aliphatic heterocycles. The van der Waals surface area contributed by atoms with Crippen molar-refractivity contribution in [1.29, 1.82) is 0 Å². The predicted octanol–water partition coefficient (Wildman–Crippen LogP) is 0.0726. The van der Waals surface area contributed by atoms with E-state index in [2.05, 4.69) is 20.6 Å². The van der Waals surface area contributed by atoms with Crippen LogP contribution in [-0.2, 0) is 4.79 Å². The first-order chi connectivity index (χ1) is 11.4. The molecule has 9 heteroatoms. The highest BCUT2D eigenvalue weighted by atomic mass is 16.3.